The standard InChI is InChI=1S/C18H21NO3S/c1-22-18-8-4-6-15-13-19(10-9-17(15)18)12-14-5-3-7-16(11-14)23(2,20)21/h3-8,11H,9-10,12-13H2,1-2H3. The van der Waals surface area contributed by atoms with Gasteiger partial charge in [0.05, 0.1) is 12.0 Å². The van der Waals surface area contributed by atoms with Crippen LogP contribution in [0.1, 0.15) is 16.7 Å². The predicted molar refractivity (Wildman–Crippen MR) is 90.4 cm³/mol. The number of fused-ring (bicyclic) bond motifs is 1. The highest BCUT2D eigenvalue weighted by Crippen LogP contribution is 2.28. The zero-order chi connectivity index (χ0) is 16.4. The molecule has 0 saturated heterocycles. The van der Waals surface area contributed by atoms with Crippen LogP contribution < -0.4 is 4.74 Å². The van der Waals surface area contributed by atoms with E-state index in [1.807, 2.05) is 24.3 Å². The second-order valence-corrected chi connectivity index (χ2v) is 7.99. The van der Waals surface area contributed by atoms with Gasteiger partial charge in [0.25, 0.3) is 0 Å². The first-order chi connectivity index (χ1) is 11.0. The van der Waals surface area contributed by atoms with Crippen molar-refractivity contribution in [3.05, 3.63) is 59.2 Å². The molecule has 0 saturated carbocycles. The maximum atomic E-state index is 11.7. The molecule has 0 aliphatic carbocycles. The van der Waals surface area contributed by atoms with Crippen molar-refractivity contribution in [3.8, 4) is 5.75 Å². The van der Waals surface area contributed by atoms with E-state index < -0.39 is 9.84 Å². The molecular formula is C18H21NO3S. The van der Waals surface area contributed by atoms with Crippen LogP contribution in [-0.4, -0.2) is 33.2 Å². The molecule has 0 spiro atoms. The summed E-state index contributed by atoms with van der Waals surface area (Å²) >= 11 is 0. The second-order valence-electron chi connectivity index (χ2n) is 5.98. The Morgan fingerprint density at radius 1 is 1.17 bits per heavy atom. The van der Waals surface area contributed by atoms with Crippen molar-refractivity contribution < 1.29 is 13.2 Å². The number of ether oxygens (including phenoxy) is 1. The second kappa shape index (κ2) is 6.34. The van der Waals surface area contributed by atoms with Gasteiger partial charge < -0.3 is 4.74 Å². The Bertz CT molecular complexity index is 815. The van der Waals surface area contributed by atoms with E-state index in [4.69, 9.17) is 4.74 Å². The lowest BCUT2D eigenvalue weighted by atomic mass is 9.98. The molecule has 0 N–H and O–H groups in total. The Hall–Kier alpha value is -1.85. The molecule has 1 aliphatic heterocycles. The maximum absolute atomic E-state index is 11.7. The fourth-order valence-corrected chi connectivity index (χ4v) is 3.78. The molecule has 23 heavy (non-hydrogen) atoms. The van der Waals surface area contributed by atoms with Crippen molar-refractivity contribution >= 4 is 9.84 Å². The highest BCUT2D eigenvalue weighted by molar-refractivity contribution is 7.90. The number of hydrogen-bond acceptors (Lipinski definition) is 4. The summed E-state index contributed by atoms with van der Waals surface area (Å²) in [6.07, 6.45) is 2.20. The molecule has 5 heteroatoms. The summed E-state index contributed by atoms with van der Waals surface area (Å²) < 4.78 is 28.8. The van der Waals surface area contributed by atoms with Crippen LogP contribution in [0, 0.1) is 0 Å². The van der Waals surface area contributed by atoms with Crippen LogP contribution in [0.25, 0.3) is 0 Å². The van der Waals surface area contributed by atoms with Crippen LogP contribution in [0.2, 0.25) is 0 Å². The van der Waals surface area contributed by atoms with Crippen LogP contribution in [0.4, 0.5) is 0 Å². The van der Waals surface area contributed by atoms with E-state index in [1.165, 1.54) is 17.4 Å². The molecule has 122 valence electrons. The smallest absolute Gasteiger partial charge is 0.175 e. The van der Waals surface area contributed by atoms with Crippen LogP contribution in [0.3, 0.4) is 0 Å². The molecule has 4 nitrogen and oxygen atoms in total. The van der Waals surface area contributed by atoms with Crippen LogP contribution >= 0.6 is 0 Å². The molecule has 0 bridgehead atoms. The molecule has 3 rings (SSSR count). The van der Waals surface area contributed by atoms with Gasteiger partial charge in [-0.25, -0.2) is 8.42 Å². The van der Waals surface area contributed by atoms with Gasteiger partial charge in [0.15, 0.2) is 9.84 Å². The zero-order valence-electron chi connectivity index (χ0n) is 13.5. The van der Waals surface area contributed by atoms with Crippen molar-refractivity contribution in [1.29, 1.82) is 0 Å². The first-order valence-corrected chi connectivity index (χ1v) is 9.52. The van der Waals surface area contributed by atoms with Crippen molar-refractivity contribution in [3.63, 3.8) is 0 Å². The third-order valence-electron chi connectivity index (χ3n) is 4.25. The maximum Gasteiger partial charge on any atom is 0.175 e. The van der Waals surface area contributed by atoms with Gasteiger partial charge in [-0.2, -0.15) is 0 Å². The summed E-state index contributed by atoms with van der Waals surface area (Å²) in [5, 5.41) is 0. The van der Waals surface area contributed by atoms with E-state index in [1.54, 1.807) is 19.2 Å². The Morgan fingerprint density at radius 2 is 1.96 bits per heavy atom. The molecule has 2 aromatic carbocycles. The SMILES string of the molecule is COc1cccc2c1CCN(Cc1cccc(S(C)(=O)=O)c1)C2. The number of benzene rings is 2. The van der Waals surface area contributed by atoms with Gasteiger partial charge in [0, 0.05) is 25.9 Å². The van der Waals surface area contributed by atoms with Crippen LogP contribution in [-0.2, 0) is 29.3 Å². The van der Waals surface area contributed by atoms with E-state index in [2.05, 4.69) is 11.0 Å². The Morgan fingerprint density at radius 3 is 2.70 bits per heavy atom. The van der Waals surface area contributed by atoms with Crippen molar-refractivity contribution in [2.45, 2.75) is 24.4 Å². The molecule has 1 aliphatic rings. The zero-order valence-corrected chi connectivity index (χ0v) is 14.3. The predicted octanol–water partition coefficient (Wildman–Crippen LogP) is 2.66. The molecule has 0 fully saturated rings. The van der Waals surface area contributed by atoms with Crippen molar-refractivity contribution in [1.82, 2.24) is 4.90 Å². The fourth-order valence-electron chi connectivity index (χ4n) is 3.09. The van der Waals surface area contributed by atoms with Gasteiger partial charge in [0.2, 0.25) is 0 Å². The molecule has 0 aromatic heterocycles. The summed E-state index contributed by atoms with van der Waals surface area (Å²) in [5.74, 6) is 0.959. The lowest BCUT2D eigenvalue weighted by Gasteiger charge is -2.29. The first-order valence-electron chi connectivity index (χ1n) is 7.63. The van der Waals surface area contributed by atoms with Gasteiger partial charge in [-0.1, -0.05) is 24.3 Å². The van der Waals surface area contributed by atoms with Gasteiger partial charge in [-0.05, 0) is 41.3 Å². The number of nitrogens with zero attached hydrogens (tertiary/aromatic N) is 1. The minimum absolute atomic E-state index is 0.383. The summed E-state index contributed by atoms with van der Waals surface area (Å²) in [7, 11) is -1.45. The fraction of sp³-hybridized carbons (Fsp3) is 0.333. The van der Waals surface area contributed by atoms with E-state index in [9.17, 15) is 8.42 Å². The number of sulfone groups is 1. The molecule has 2 aromatic rings. The molecule has 0 unspecified atom stereocenters. The van der Waals surface area contributed by atoms with E-state index >= 15 is 0 Å². The average molecular weight is 331 g/mol. The molecule has 0 radical (unpaired) electrons. The molecule has 0 amide bonds. The highest BCUT2D eigenvalue weighted by Gasteiger charge is 2.19. The van der Waals surface area contributed by atoms with Crippen LogP contribution in [0.15, 0.2) is 47.4 Å². The summed E-state index contributed by atoms with van der Waals surface area (Å²) in [4.78, 5) is 2.72. The summed E-state index contributed by atoms with van der Waals surface area (Å²) in [5.41, 5.74) is 3.60. The third-order valence-corrected chi connectivity index (χ3v) is 5.36. The Balaban J connectivity index is 1.78. The minimum Gasteiger partial charge on any atom is -0.496 e. The topological polar surface area (TPSA) is 46.6 Å². The lowest BCUT2D eigenvalue weighted by Crippen LogP contribution is -2.30. The van der Waals surface area contributed by atoms with E-state index in [-0.39, 0.29) is 0 Å². The minimum atomic E-state index is -3.16. The quantitative estimate of drug-likeness (QED) is 0.864. The summed E-state index contributed by atoms with van der Waals surface area (Å²) in [6.45, 7) is 2.55. The Labute approximate surface area is 137 Å². The number of hydrogen-bond donors (Lipinski definition) is 0. The molecular weight excluding hydrogens is 310 g/mol. The van der Waals surface area contributed by atoms with Gasteiger partial charge in [0.1, 0.15) is 5.75 Å². The molecule has 1 heterocycles. The highest BCUT2D eigenvalue weighted by atomic mass is 32.2. The number of methoxy groups -OCH3 is 1. The van der Waals surface area contributed by atoms with E-state index in [0.717, 1.165) is 37.4 Å². The number of rotatable bonds is 4. The van der Waals surface area contributed by atoms with E-state index in [0.29, 0.717) is 4.90 Å². The van der Waals surface area contributed by atoms with Crippen LogP contribution in [0.5, 0.6) is 5.75 Å². The largest absolute Gasteiger partial charge is 0.496 e. The summed E-state index contributed by atoms with van der Waals surface area (Å²) in [6, 6.07) is 13.4. The van der Waals surface area contributed by atoms with Crippen molar-refractivity contribution in [2.75, 3.05) is 19.9 Å². The monoisotopic (exact) mass is 331 g/mol. The molecule has 0 atom stereocenters. The van der Waals surface area contributed by atoms with Gasteiger partial charge in [-0.15, -0.1) is 0 Å². The first kappa shape index (κ1) is 16.0. The Kier molecular flexibility index (Phi) is 4.41. The van der Waals surface area contributed by atoms with Gasteiger partial charge >= 0.3 is 0 Å². The normalized spacial score (nSPS) is 15.2. The van der Waals surface area contributed by atoms with Gasteiger partial charge in [-0.3, -0.25) is 4.90 Å². The lowest BCUT2D eigenvalue weighted by molar-refractivity contribution is 0.242. The van der Waals surface area contributed by atoms with Crippen molar-refractivity contribution in [2.24, 2.45) is 0 Å². The average Bonchev–Trinajstić information content (AvgIpc) is 2.53. The third kappa shape index (κ3) is 3.57.